The zero-order chi connectivity index (χ0) is 20.2. The van der Waals surface area contributed by atoms with E-state index in [1.807, 2.05) is 0 Å². The number of benzene rings is 2. The highest BCUT2D eigenvalue weighted by Gasteiger charge is 2.12. The first kappa shape index (κ1) is 22.6. The van der Waals surface area contributed by atoms with Crippen molar-refractivity contribution in [3.8, 4) is 11.5 Å². The second kappa shape index (κ2) is 12.7. The summed E-state index contributed by atoms with van der Waals surface area (Å²) in [5.74, 6) is 3.24. The average Bonchev–Trinajstić information content (AvgIpc) is 2.74. The molecule has 0 radical (unpaired) electrons. The summed E-state index contributed by atoms with van der Waals surface area (Å²) in [5, 5.41) is 2.32. The first-order chi connectivity index (χ1) is 13.7. The van der Waals surface area contributed by atoms with Crippen molar-refractivity contribution in [2.24, 2.45) is 11.8 Å². The third kappa shape index (κ3) is 6.72. The summed E-state index contributed by atoms with van der Waals surface area (Å²) in [6.45, 7) is 10.6. The molecule has 0 heterocycles. The first-order valence-electron chi connectivity index (χ1n) is 11.5. The standard InChI is InChI=1S/C26H40O2/c1-5-9-13-21(7-3)19-27-25-17-11-16-24-23(25)15-12-18-26(24)28-20-22(8-4)14-10-6-2/h11-12,15-18,21-22H,5-10,13-14,19-20H2,1-4H3. The highest BCUT2D eigenvalue weighted by atomic mass is 16.5. The van der Waals surface area contributed by atoms with Crippen molar-refractivity contribution < 1.29 is 9.47 Å². The molecule has 0 aliphatic carbocycles. The number of rotatable bonds is 14. The van der Waals surface area contributed by atoms with Gasteiger partial charge in [0.1, 0.15) is 11.5 Å². The molecule has 0 aliphatic rings. The SMILES string of the molecule is CCCCC(CC)COc1cccc2c(OCC(CC)CCCC)cccc12. The van der Waals surface area contributed by atoms with E-state index in [1.165, 1.54) is 51.4 Å². The molecule has 2 heteroatoms. The second-order valence-electron chi connectivity index (χ2n) is 8.06. The lowest BCUT2D eigenvalue weighted by Crippen LogP contribution is -2.12. The molecule has 28 heavy (non-hydrogen) atoms. The van der Waals surface area contributed by atoms with E-state index in [-0.39, 0.29) is 0 Å². The van der Waals surface area contributed by atoms with Crippen LogP contribution < -0.4 is 9.47 Å². The molecule has 0 bridgehead atoms. The van der Waals surface area contributed by atoms with Crippen molar-refractivity contribution in [1.82, 2.24) is 0 Å². The van der Waals surface area contributed by atoms with Gasteiger partial charge in [0.15, 0.2) is 0 Å². The van der Waals surface area contributed by atoms with Crippen molar-refractivity contribution >= 4 is 10.8 Å². The predicted octanol–water partition coefficient (Wildman–Crippen LogP) is 8.03. The van der Waals surface area contributed by atoms with Crippen LogP contribution in [0, 0.1) is 11.8 Å². The third-order valence-electron chi connectivity index (χ3n) is 5.88. The van der Waals surface area contributed by atoms with Crippen LogP contribution in [-0.4, -0.2) is 13.2 Å². The fourth-order valence-corrected chi connectivity index (χ4v) is 3.72. The van der Waals surface area contributed by atoms with Crippen LogP contribution in [-0.2, 0) is 0 Å². The van der Waals surface area contributed by atoms with E-state index < -0.39 is 0 Å². The van der Waals surface area contributed by atoms with E-state index in [1.54, 1.807) is 0 Å². The van der Waals surface area contributed by atoms with E-state index in [0.29, 0.717) is 11.8 Å². The molecule has 2 aromatic carbocycles. The van der Waals surface area contributed by atoms with Gasteiger partial charge in [-0.1, -0.05) is 90.5 Å². The smallest absolute Gasteiger partial charge is 0.127 e. The van der Waals surface area contributed by atoms with Crippen LogP contribution >= 0.6 is 0 Å². The molecule has 0 saturated carbocycles. The van der Waals surface area contributed by atoms with Gasteiger partial charge in [-0.2, -0.15) is 0 Å². The van der Waals surface area contributed by atoms with Crippen LogP contribution in [0.5, 0.6) is 11.5 Å². The highest BCUT2D eigenvalue weighted by Crippen LogP contribution is 2.33. The minimum absolute atomic E-state index is 0.638. The Labute approximate surface area is 172 Å². The summed E-state index contributed by atoms with van der Waals surface area (Å²) in [6, 6.07) is 12.7. The highest BCUT2D eigenvalue weighted by molar-refractivity contribution is 5.93. The summed E-state index contributed by atoms with van der Waals surface area (Å²) in [4.78, 5) is 0. The van der Waals surface area contributed by atoms with Crippen molar-refractivity contribution in [2.75, 3.05) is 13.2 Å². The lowest BCUT2D eigenvalue weighted by atomic mass is 10.0. The summed E-state index contributed by atoms with van der Waals surface area (Å²) < 4.78 is 12.5. The molecule has 2 aromatic rings. The third-order valence-corrected chi connectivity index (χ3v) is 5.88. The Hall–Kier alpha value is -1.70. The molecule has 0 fully saturated rings. The number of unbranched alkanes of at least 4 members (excludes halogenated alkanes) is 2. The summed E-state index contributed by atoms with van der Waals surface area (Å²) in [7, 11) is 0. The monoisotopic (exact) mass is 384 g/mol. The molecule has 2 nitrogen and oxygen atoms in total. The van der Waals surface area contributed by atoms with Crippen molar-refractivity contribution in [2.45, 2.75) is 79.1 Å². The van der Waals surface area contributed by atoms with E-state index in [2.05, 4.69) is 64.1 Å². The van der Waals surface area contributed by atoms with Crippen molar-refractivity contribution in [3.63, 3.8) is 0 Å². The molecule has 2 atom stereocenters. The first-order valence-corrected chi connectivity index (χ1v) is 11.5. The Morgan fingerprint density at radius 2 is 1.07 bits per heavy atom. The van der Waals surface area contributed by atoms with Gasteiger partial charge in [-0.3, -0.25) is 0 Å². The maximum Gasteiger partial charge on any atom is 0.127 e. The Morgan fingerprint density at radius 3 is 1.43 bits per heavy atom. The van der Waals surface area contributed by atoms with Crippen LogP contribution in [0.1, 0.15) is 79.1 Å². The van der Waals surface area contributed by atoms with Crippen LogP contribution in [0.3, 0.4) is 0 Å². The molecule has 0 saturated heterocycles. The number of hydrogen-bond donors (Lipinski definition) is 0. The quantitative estimate of drug-likeness (QED) is 0.328. The van der Waals surface area contributed by atoms with E-state index >= 15 is 0 Å². The van der Waals surface area contributed by atoms with E-state index in [4.69, 9.17) is 9.47 Å². The Balaban J connectivity index is 2.08. The van der Waals surface area contributed by atoms with Gasteiger partial charge in [-0.25, -0.2) is 0 Å². The molecular formula is C26H40O2. The maximum absolute atomic E-state index is 6.27. The Morgan fingerprint density at radius 1 is 0.643 bits per heavy atom. The molecular weight excluding hydrogens is 344 g/mol. The number of ether oxygens (including phenoxy) is 2. The molecule has 0 spiro atoms. The second-order valence-corrected chi connectivity index (χ2v) is 8.06. The van der Waals surface area contributed by atoms with Crippen molar-refractivity contribution in [3.05, 3.63) is 36.4 Å². The summed E-state index contributed by atoms with van der Waals surface area (Å²) in [6.07, 6.45) is 9.93. The van der Waals surface area contributed by atoms with E-state index in [0.717, 1.165) is 35.5 Å². The number of fused-ring (bicyclic) bond motifs is 1. The molecule has 0 aliphatic heterocycles. The van der Waals surface area contributed by atoms with Gasteiger partial charge in [0.25, 0.3) is 0 Å². The molecule has 0 amide bonds. The van der Waals surface area contributed by atoms with Gasteiger partial charge >= 0.3 is 0 Å². The Bertz CT molecular complexity index is 620. The minimum atomic E-state index is 0.638. The lowest BCUT2D eigenvalue weighted by molar-refractivity contribution is 0.233. The number of hydrogen-bond acceptors (Lipinski definition) is 2. The van der Waals surface area contributed by atoms with Crippen LogP contribution in [0.15, 0.2) is 36.4 Å². The van der Waals surface area contributed by atoms with Gasteiger partial charge in [-0.15, -0.1) is 0 Å². The topological polar surface area (TPSA) is 18.5 Å². The average molecular weight is 385 g/mol. The minimum Gasteiger partial charge on any atom is -0.493 e. The van der Waals surface area contributed by atoms with Gasteiger partial charge in [0.2, 0.25) is 0 Å². The zero-order valence-corrected chi connectivity index (χ0v) is 18.5. The Kier molecular flexibility index (Phi) is 10.2. The fourth-order valence-electron chi connectivity index (χ4n) is 3.72. The summed E-state index contributed by atoms with van der Waals surface area (Å²) >= 11 is 0. The van der Waals surface area contributed by atoms with Crippen molar-refractivity contribution in [1.29, 1.82) is 0 Å². The largest absolute Gasteiger partial charge is 0.493 e. The van der Waals surface area contributed by atoms with Gasteiger partial charge < -0.3 is 9.47 Å². The van der Waals surface area contributed by atoms with Gasteiger partial charge in [0, 0.05) is 10.8 Å². The van der Waals surface area contributed by atoms with Crippen LogP contribution in [0.25, 0.3) is 10.8 Å². The van der Waals surface area contributed by atoms with Gasteiger partial charge in [0.05, 0.1) is 13.2 Å². The van der Waals surface area contributed by atoms with Gasteiger partial charge in [-0.05, 0) is 36.8 Å². The maximum atomic E-state index is 6.27. The lowest BCUT2D eigenvalue weighted by Gasteiger charge is -2.19. The zero-order valence-electron chi connectivity index (χ0n) is 18.5. The molecule has 0 aromatic heterocycles. The molecule has 156 valence electrons. The fraction of sp³-hybridized carbons (Fsp3) is 0.615. The molecule has 2 rings (SSSR count). The van der Waals surface area contributed by atoms with E-state index in [9.17, 15) is 0 Å². The molecule has 2 unspecified atom stereocenters. The van der Waals surface area contributed by atoms with Crippen LogP contribution in [0.2, 0.25) is 0 Å². The predicted molar refractivity (Wildman–Crippen MR) is 122 cm³/mol. The normalized spacial score (nSPS) is 13.4. The molecule has 0 N–H and O–H groups in total. The van der Waals surface area contributed by atoms with Crippen LogP contribution in [0.4, 0.5) is 0 Å². The summed E-state index contributed by atoms with van der Waals surface area (Å²) in [5.41, 5.74) is 0.